The van der Waals surface area contributed by atoms with Gasteiger partial charge in [-0.2, -0.15) is 5.26 Å². The van der Waals surface area contributed by atoms with Crippen molar-refractivity contribution in [2.75, 3.05) is 5.32 Å². The van der Waals surface area contributed by atoms with Gasteiger partial charge in [0.1, 0.15) is 17.5 Å². The number of nitrogens with one attached hydrogen (secondary N) is 1. The second-order valence-corrected chi connectivity index (χ2v) is 6.61. The highest BCUT2D eigenvalue weighted by atomic mass is 15.0. The van der Waals surface area contributed by atoms with Gasteiger partial charge in [-0.25, -0.2) is 4.98 Å². The Balaban J connectivity index is 1.90. The molecule has 0 bridgehead atoms. The van der Waals surface area contributed by atoms with Crippen LogP contribution in [0.4, 0.5) is 11.5 Å². The van der Waals surface area contributed by atoms with Gasteiger partial charge in [0.25, 0.3) is 0 Å². The number of hydrogen-bond donors (Lipinski definition) is 1. The summed E-state index contributed by atoms with van der Waals surface area (Å²) in [5, 5.41) is 13.3. The summed E-state index contributed by atoms with van der Waals surface area (Å²) >= 11 is 0. The van der Waals surface area contributed by atoms with Crippen LogP contribution in [-0.4, -0.2) is 4.98 Å². The lowest BCUT2D eigenvalue weighted by Gasteiger charge is -2.14. The zero-order valence-electron chi connectivity index (χ0n) is 15.6. The molecule has 0 fully saturated rings. The Labute approximate surface area is 164 Å². The molecule has 0 amide bonds. The van der Waals surface area contributed by atoms with E-state index < -0.39 is 0 Å². The van der Waals surface area contributed by atoms with Crippen molar-refractivity contribution in [2.45, 2.75) is 6.92 Å². The molecule has 3 nitrogen and oxygen atoms in total. The Morgan fingerprint density at radius 2 is 1.39 bits per heavy atom. The topological polar surface area (TPSA) is 48.7 Å². The Hall–Kier alpha value is -3.90. The third kappa shape index (κ3) is 3.62. The fourth-order valence-electron chi connectivity index (χ4n) is 3.12. The molecular weight excluding hydrogens is 342 g/mol. The minimum atomic E-state index is 0.534. The van der Waals surface area contributed by atoms with Gasteiger partial charge in [0.05, 0.1) is 5.69 Å². The number of rotatable bonds is 4. The molecule has 1 aromatic heterocycles. The van der Waals surface area contributed by atoms with Gasteiger partial charge in [0.15, 0.2) is 0 Å². The zero-order chi connectivity index (χ0) is 19.3. The lowest BCUT2D eigenvalue weighted by molar-refractivity contribution is 1.28. The fourth-order valence-corrected chi connectivity index (χ4v) is 3.12. The van der Waals surface area contributed by atoms with Gasteiger partial charge >= 0.3 is 0 Å². The lowest BCUT2D eigenvalue weighted by atomic mass is 9.98. The highest BCUT2D eigenvalue weighted by Crippen LogP contribution is 2.33. The average molecular weight is 361 g/mol. The van der Waals surface area contributed by atoms with Crippen molar-refractivity contribution >= 4 is 11.5 Å². The van der Waals surface area contributed by atoms with Gasteiger partial charge in [0.2, 0.25) is 0 Å². The number of aromatic nitrogens is 1. The van der Waals surface area contributed by atoms with Gasteiger partial charge < -0.3 is 5.32 Å². The Bertz CT molecular complexity index is 1130. The van der Waals surface area contributed by atoms with E-state index in [1.54, 1.807) is 0 Å². The van der Waals surface area contributed by atoms with E-state index in [0.29, 0.717) is 11.4 Å². The van der Waals surface area contributed by atoms with Crippen LogP contribution in [0, 0.1) is 18.3 Å². The highest BCUT2D eigenvalue weighted by Gasteiger charge is 2.15. The van der Waals surface area contributed by atoms with Gasteiger partial charge in [-0.05, 0) is 30.7 Å². The highest BCUT2D eigenvalue weighted by molar-refractivity contribution is 5.82. The molecule has 4 aromatic rings. The second kappa shape index (κ2) is 7.77. The first-order valence-electron chi connectivity index (χ1n) is 9.14. The van der Waals surface area contributed by atoms with Gasteiger partial charge in [-0.1, -0.05) is 78.4 Å². The maximum absolute atomic E-state index is 9.91. The van der Waals surface area contributed by atoms with Crippen molar-refractivity contribution < 1.29 is 0 Å². The molecule has 4 rings (SSSR count). The smallest absolute Gasteiger partial charge is 0.149 e. The molecule has 0 aliphatic rings. The number of nitriles is 1. The summed E-state index contributed by atoms with van der Waals surface area (Å²) in [7, 11) is 0. The standard InChI is InChI=1S/C25H19N3/c1-18-12-14-21(15-13-18)27-25-23(17-26)22(19-8-4-2-5-9-19)16-24(28-25)20-10-6-3-7-11-20/h2-16H,1H3,(H,27,28). The SMILES string of the molecule is Cc1ccc(Nc2nc(-c3ccccc3)cc(-c3ccccc3)c2C#N)cc1. The first-order valence-corrected chi connectivity index (χ1v) is 9.14. The normalized spacial score (nSPS) is 10.3. The number of hydrogen-bond acceptors (Lipinski definition) is 3. The van der Waals surface area contributed by atoms with Crippen LogP contribution in [0.25, 0.3) is 22.4 Å². The van der Waals surface area contributed by atoms with E-state index in [-0.39, 0.29) is 0 Å². The minimum absolute atomic E-state index is 0.534. The summed E-state index contributed by atoms with van der Waals surface area (Å²) in [5.41, 5.74) is 6.31. The largest absolute Gasteiger partial charge is 0.339 e. The maximum atomic E-state index is 9.91. The minimum Gasteiger partial charge on any atom is -0.339 e. The molecule has 1 N–H and O–H groups in total. The van der Waals surface area contributed by atoms with Crippen LogP contribution in [0.3, 0.4) is 0 Å². The molecule has 0 atom stereocenters. The molecular formula is C25H19N3. The number of pyridine rings is 1. The first-order chi connectivity index (χ1) is 13.7. The fraction of sp³-hybridized carbons (Fsp3) is 0.0400. The Kier molecular flexibility index (Phi) is 4.86. The number of benzene rings is 3. The molecule has 0 unspecified atom stereocenters. The van der Waals surface area contributed by atoms with Crippen molar-refractivity contribution in [2.24, 2.45) is 0 Å². The van der Waals surface area contributed by atoms with Crippen LogP contribution in [0.15, 0.2) is 91.0 Å². The van der Waals surface area contributed by atoms with E-state index in [0.717, 1.165) is 28.1 Å². The predicted octanol–water partition coefficient (Wildman–Crippen LogP) is 6.34. The maximum Gasteiger partial charge on any atom is 0.149 e. The molecule has 134 valence electrons. The van der Waals surface area contributed by atoms with E-state index in [1.165, 1.54) is 5.56 Å². The van der Waals surface area contributed by atoms with E-state index in [9.17, 15) is 5.26 Å². The summed E-state index contributed by atoms with van der Waals surface area (Å²) in [6.45, 7) is 2.05. The number of nitrogens with zero attached hydrogens (tertiary/aromatic N) is 2. The summed E-state index contributed by atoms with van der Waals surface area (Å²) in [6.07, 6.45) is 0. The van der Waals surface area contributed by atoms with Crippen LogP contribution >= 0.6 is 0 Å². The third-order valence-corrected chi connectivity index (χ3v) is 4.60. The summed E-state index contributed by atoms with van der Waals surface area (Å²) in [5.74, 6) is 0.562. The van der Waals surface area contributed by atoms with Crippen LogP contribution < -0.4 is 5.32 Å². The molecule has 3 heteroatoms. The van der Waals surface area contributed by atoms with Crippen molar-refractivity contribution in [1.29, 1.82) is 5.26 Å². The van der Waals surface area contributed by atoms with Crippen LogP contribution in [0.2, 0.25) is 0 Å². The molecule has 0 spiro atoms. The van der Waals surface area contributed by atoms with Gasteiger partial charge in [-0.15, -0.1) is 0 Å². The molecule has 3 aromatic carbocycles. The molecule has 1 heterocycles. The van der Waals surface area contributed by atoms with Crippen LogP contribution in [0.5, 0.6) is 0 Å². The molecule has 0 aliphatic carbocycles. The molecule has 0 saturated carbocycles. The molecule has 28 heavy (non-hydrogen) atoms. The summed E-state index contributed by atoms with van der Waals surface area (Å²) in [4.78, 5) is 4.78. The predicted molar refractivity (Wildman–Crippen MR) is 114 cm³/mol. The van der Waals surface area contributed by atoms with Crippen molar-refractivity contribution in [3.8, 4) is 28.5 Å². The average Bonchev–Trinajstić information content (AvgIpc) is 2.76. The Morgan fingerprint density at radius 1 is 0.786 bits per heavy atom. The number of anilines is 2. The monoisotopic (exact) mass is 361 g/mol. The summed E-state index contributed by atoms with van der Waals surface area (Å²) < 4.78 is 0. The van der Waals surface area contributed by atoms with Crippen molar-refractivity contribution in [1.82, 2.24) is 4.98 Å². The van der Waals surface area contributed by atoms with Crippen LogP contribution in [0.1, 0.15) is 11.1 Å². The van der Waals surface area contributed by atoms with Crippen molar-refractivity contribution in [3.05, 3.63) is 102 Å². The third-order valence-electron chi connectivity index (χ3n) is 4.60. The number of aryl methyl sites for hydroxylation is 1. The van der Waals surface area contributed by atoms with E-state index in [2.05, 4.69) is 11.4 Å². The van der Waals surface area contributed by atoms with Gasteiger partial charge in [-0.3, -0.25) is 0 Å². The van der Waals surface area contributed by atoms with Gasteiger partial charge in [0, 0.05) is 16.8 Å². The van der Waals surface area contributed by atoms with E-state index in [4.69, 9.17) is 4.98 Å². The zero-order valence-corrected chi connectivity index (χ0v) is 15.6. The second-order valence-electron chi connectivity index (χ2n) is 6.61. The van der Waals surface area contributed by atoms with E-state index >= 15 is 0 Å². The molecule has 0 radical (unpaired) electrons. The van der Waals surface area contributed by atoms with Crippen LogP contribution in [-0.2, 0) is 0 Å². The Morgan fingerprint density at radius 3 is 2.00 bits per heavy atom. The quantitative estimate of drug-likeness (QED) is 0.461. The lowest BCUT2D eigenvalue weighted by Crippen LogP contribution is -2.01. The first kappa shape index (κ1) is 17.5. The molecule has 0 aliphatic heterocycles. The van der Waals surface area contributed by atoms with E-state index in [1.807, 2.05) is 97.9 Å². The van der Waals surface area contributed by atoms with Crippen molar-refractivity contribution in [3.63, 3.8) is 0 Å². The summed E-state index contributed by atoms with van der Waals surface area (Å²) in [6, 6.07) is 32.4. The molecule has 0 saturated heterocycles.